The summed E-state index contributed by atoms with van der Waals surface area (Å²) in [5.41, 5.74) is 1.83. The summed E-state index contributed by atoms with van der Waals surface area (Å²) in [6.45, 7) is -0.210. The van der Waals surface area contributed by atoms with Gasteiger partial charge >= 0.3 is 0 Å². The molecule has 0 fully saturated rings. The lowest BCUT2D eigenvalue weighted by molar-refractivity contribution is 0.113. The molecule has 5 heteroatoms. The zero-order valence-electron chi connectivity index (χ0n) is 9.82. The van der Waals surface area contributed by atoms with Gasteiger partial charge in [-0.25, -0.2) is 0 Å². The summed E-state index contributed by atoms with van der Waals surface area (Å²) in [6.07, 6.45) is -0.675. The fraction of sp³-hybridized carbons (Fsp3) is 0.308. The minimum atomic E-state index is -0.675. The van der Waals surface area contributed by atoms with E-state index in [9.17, 15) is 5.11 Å². The predicted molar refractivity (Wildman–Crippen MR) is 71.2 cm³/mol. The lowest BCUT2D eigenvalue weighted by Gasteiger charge is -2.04. The Kier molecular flexibility index (Phi) is 4.81. The summed E-state index contributed by atoms with van der Waals surface area (Å²) in [7, 11) is 0. The highest BCUT2D eigenvalue weighted by Gasteiger charge is 2.07. The number of thioether (sulfide) groups is 1. The third-order valence-corrected chi connectivity index (χ3v) is 3.50. The first-order valence-electron chi connectivity index (χ1n) is 5.67. The largest absolute Gasteiger partial charge is 0.394 e. The number of aromatic nitrogens is 1. The topological polar surface area (TPSA) is 66.5 Å². The Hall–Kier alpha value is -1.30. The summed E-state index contributed by atoms with van der Waals surface area (Å²) in [4.78, 5) is 0. The van der Waals surface area contributed by atoms with Crippen LogP contribution >= 0.6 is 11.8 Å². The molecule has 96 valence electrons. The van der Waals surface area contributed by atoms with Crippen molar-refractivity contribution in [3.05, 3.63) is 42.2 Å². The molecule has 0 aliphatic heterocycles. The molecule has 18 heavy (non-hydrogen) atoms. The molecule has 4 nitrogen and oxygen atoms in total. The van der Waals surface area contributed by atoms with Crippen molar-refractivity contribution in [1.82, 2.24) is 5.16 Å². The van der Waals surface area contributed by atoms with E-state index < -0.39 is 6.10 Å². The second kappa shape index (κ2) is 6.58. The zero-order chi connectivity index (χ0) is 12.8. The van der Waals surface area contributed by atoms with Crippen molar-refractivity contribution >= 4 is 11.8 Å². The number of hydrogen-bond acceptors (Lipinski definition) is 5. The van der Waals surface area contributed by atoms with Gasteiger partial charge in [-0.15, -0.1) is 0 Å². The van der Waals surface area contributed by atoms with Crippen LogP contribution in [-0.4, -0.2) is 33.8 Å². The predicted octanol–water partition coefficient (Wildman–Crippen LogP) is 1.93. The van der Waals surface area contributed by atoms with Gasteiger partial charge in [0.2, 0.25) is 0 Å². The van der Waals surface area contributed by atoms with Crippen molar-refractivity contribution in [1.29, 1.82) is 0 Å². The zero-order valence-corrected chi connectivity index (χ0v) is 10.6. The molecule has 0 amide bonds. The van der Waals surface area contributed by atoms with Crippen molar-refractivity contribution in [2.75, 3.05) is 12.4 Å². The maximum atomic E-state index is 9.20. The van der Waals surface area contributed by atoms with Gasteiger partial charge in [0.15, 0.2) is 0 Å². The van der Waals surface area contributed by atoms with E-state index in [1.807, 2.05) is 36.4 Å². The van der Waals surface area contributed by atoms with E-state index in [0.717, 1.165) is 17.0 Å². The molecule has 0 saturated carbocycles. The number of nitrogens with zero attached hydrogens (tertiary/aromatic N) is 1. The minimum absolute atomic E-state index is 0.210. The van der Waals surface area contributed by atoms with Gasteiger partial charge in [0.05, 0.1) is 18.5 Å². The Bertz CT molecular complexity index is 472. The van der Waals surface area contributed by atoms with Gasteiger partial charge in [0.1, 0.15) is 11.5 Å². The van der Waals surface area contributed by atoms with Crippen LogP contribution in [0, 0.1) is 0 Å². The molecule has 2 N–H and O–H groups in total. The van der Waals surface area contributed by atoms with Crippen LogP contribution in [0.25, 0.3) is 11.3 Å². The van der Waals surface area contributed by atoms with Crippen LogP contribution in [0.15, 0.2) is 40.9 Å². The lowest BCUT2D eigenvalue weighted by atomic mass is 10.1. The maximum absolute atomic E-state index is 9.20. The molecule has 0 aliphatic rings. The van der Waals surface area contributed by atoms with Crippen LogP contribution in [0.2, 0.25) is 0 Å². The number of rotatable bonds is 6. The third-order valence-electron chi connectivity index (χ3n) is 2.39. The average Bonchev–Trinajstić information content (AvgIpc) is 2.88. The molecule has 0 spiro atoms. The van der Waals surface area contributed by atoms with Crippen molar-refractivity contribution in [3.63, 3.8) is 0 Å². The Morgan fingerprint density at radius 2 is 2.06 bits per heavy atom. The molecule has 1 heterocycles. The molecule has 0 aliphatic carbocycles. The smallest absolute Gasteiger partial charge is 0.147 e. The van der Waals surface area contributed by atoms with Gasteiger partial charge < -0.3 is 14.7 Å². The fourth-order valence-electron chi connectivity index (χ4n) is 1.47. The Balaban J connectivity index is 1.91. The molecule has 2 aromatic rings. The second-order valence-corrected chi connectivity index (χ2v) is 4.93. The van der Waals surface area contributed by atoms with Gasteiger partial charge in [0.25, 0.3) is 0 Å². The molecular formula is C13H15NO3S. The first kappa shape index (κ1) is 13.1. The normalized spacial score (nSPS) is 12.6. The molecule has 1 aromatic carbocycles. The van der Waals surface area contributed by atoms with Crippen LogP contribution in [0.1, 0.15) is 5.76 Å². The van der Waals surface area contributed by atoms with E-state index in [1.165, 1.54) is 11.8 Å². The molecular weight excluding hydrogens is 250 g/mol. The minimum Gasteiger partial charge on any atom is -0.394 e. The fourth-order valence-corrected chi connectivity index (χ4v) is 2.31. The maximum Gasteiger partial charge on any atom is 0.147 e. The molecule has 0 radical (unpaired) electrons. The van der Waals surface area contributed by atoms with Crippen molar-refractivity contribution in [2.24, 2.45) is 0 Å². The summed E-state index contributed by atoms with van der Waals surface area (Å²) in [5.74, 6) is 1.89. The molecule has 2 rings (SSSR count). The lowest BCUT2D eigenvalue weighted by Crippen LogP contribution is -2.14. The van der Waals surface area contributed by atoms with E-state index in [0.29, 0.717) is 11.5 Å². The molecule has 0 bridgehead atoms. The summed E-state index contributed by atoms with van der Waals surface area (Å²) < 4.78 is 5.22. The highest BCUT2D eigenvalue weighted by Crippen LogP contribution is 2.21. The molecule has 1 unspecified atom stereocenters. The van der Waals surface area contributed by atoms with E-state index in [-0.39, 0.29) is 6.61 Å². The van der Waals surface area contributed by atoms with Crippen LogP contribution in [-0.2, 0) is 5.75 Å². The molecule has 0 saturated heterocycles. The second-order valence-electron chi connectivity index (χ2n) is 3.90. The third kappa shape index (κ3) is 3.60. The van der Waals surface area contributed by atoms with Crippen molar-refractivity contribution in [2.45, 2.75) is 11.9 Å². The number of benzene rings is 1. The highest BCUT2D eigenvalue weighted by molar-refractivity contribution is 7.98. The van der Waals surface area contributed by atoms with Gasteiger partial charge in [-0.2, -0.15) is 11.8 Å². The van der Waals surface area contributed by atoms with Crippen LogP contribution in [0.3, 0.4) is 0 Å². The first-order chi connectivity index (χ1) is 8.79. The average molecular weight is 265 g/mol. The number of hydrogen-bond donors (Lipinski definition) is 2. The standard InChI is InChI=1S/C13H15NO3S/c15-7-11(16)8-18-9-12-6-13(14-17-12)10-4-2-1-3-5-10/h1-6,11,15-16H,7-9H2. The molecule has 1 aromatic heterocycles. The summed E-state index contributed by atoms with van der Waals surface area (Å²) in [5, 5.41) is 21.9. The summed E-state index contributed by atoms with van der Waals surface area (Å²) in [6, 6.07) is 11.7. The number of aliphatic hydroxyl groups is 2. The van der Waals surface area contributed by atoms with Gasteiger partial charge in [-0.05, 0) is 0 Å². The SMILES string of the molecule is OCC(O)CSCc1cc(-c2ccccc2)no1. The Morgan fingerprint density at radius 3 is 2.78 bits per heavy atom. The van der Waals surface area contributed by atoms with Crippen molar-refractivity contribution in [3.8, 4) is 11.3 Å². The Labute approximate surface area is 110 Å². The van der Waals surface area contributed by atoms with Gasteiger partial charge in [-0.1, -0.05) is 35.5 Å². The van der Waals surface area contributed by atoms with Gasteiger partial charge in [-0.3, -0.25) is 0 Å². The first-order valence-corrected chi connectivity index (χ1v) is 6.82. The summed E-state index contributed by atoms with van der Waals surface area (Å²) >= 11 is 1.50. The quantitative estimate of drug-likeness (QED) is 0.835. The van der Waals surface area contributed by atoms with Crippen molar-refractivity contribution < 1.29 is 14.7 Å². The highest BCUT2D eigenvalue weighted by atomic mass is 32.2. The van der Waals surface area contributed by atoms with Gasteiger partial charge in [0, 0.05) is 17.4 Å². The van der Waals surface area contributed by atoms with E-state index in [1.54, 1.807) is 0 Å². The van der Waals surface area contributed by atoms with Crippen LogP contribution in [0.5, 0.6) is 0 Å². The Morgan fingerprint density at radius 1 is 1.28 bits per heavy atom. The van der Waals surface area contributed by atoms with Crippen LogP contribution < -0.4 is 0 Å². The van der Waals surface area contributed by atoms with E-state index >= 15 is 0 Å². The van der Waals surface area contributed by atoms with E-state index in [4.69, 9.17) is 9.63 Å². The van der Waals surface area contributed by atoms with Crippen LogP contribution in [0.4, 0.5) is 0 Å². The van der Waals surface area contributed by atoms with E-state index in [2.05, 4.69) is 5.16 Å². The monoisotopic (exact) mass is 265 g/mol. The number of aliphatic hydroxyl groups excluding tert-OH is 2. The molecule has 1 atom stereocenters.